The highest BCUT2D eigenvalue weighted by molar-refractivity contribution is 5.97. The van der Waals surface area contributed by atoms with E-state index in [-0.39, 0.29) is 5.69 Å². The van der Waals surface area contributed by atoms with Gasteiger partial charge in [-0.25, -0.2) is 14.3 Å². The van der Waals surface area contributed by atoms with E-state index in [0.717, 1.165) is 17.2 Å². The molecular weight excluding hydrogens is 244 g/mol. The Bertz CT molecular complexity index is 775. The number of aromatic nitrogens is 3. The number of aromatic amines is 1. The van der Waals surface area contributed by atoms with E-state index in [0.29, 0.717) is 24.5 Å². The standard InChI is InChI=1S/C13H14N4O2/c14-6-3-7-19-11-8-17-12(15-16-13(17)18)10-5-2-1-4-9(10)11/h1-2,4-5,8H,3,6-7,14H2,(H,16,18). The molecule has 0 aliphatic rings. The number of pyridine rings is 1. The molecule has 6 heteroatoms. The zero-order chi connectivity index (χ0) is 13.2. The van der Waals surface area contributed by atoms with E-state index in [1.807, 2.05) is 24.3 Å². The van der Waals surface area contributed by atoms with Crippen molar-refractivity contribution >= 4 is 16.4 Å². The van der Waals surface area contributed by atoms with E-state index in [4.69, 9.17) is 10.5 Å². The van der Waals surface area contributed by atoms with Gasteiger partial charge in [0.15, 0.2) is 5.65 Å². The molecule has 19 heavy (non-hydrogen) atoms. The maximum Gasteiger partial charge on any atom is 0.347 e. The van der Waals surface area contributed by atoms with Crippen molar-refractivity contribution in [3.8, 4) is 5.75 Å². The van der Waals surface area contributed by atoms with Crippen LogP contribution in [0.3, 0.4) is 0 Å². The summed E-state index contributed by atoms with van der Waals surface area (Å²) >= 11 is 0. The zero-order valence-corrected chi connectivity index (χ0v) is 10.3. The maximum atomic E-state index is 11.7. The lowest BCUT2D eigenvalue weighted by molar-refractivity contribution is 0.315. The third-order valence-electron chi connectivity index (χ3n) is 2.99. The van der Waals surface area contributed by atoms with Gasteiger partial charge in [-0.3, -0.25) is 0 Å². The maximum absolute atomic E-state index is 11.7. The fourth-order valence-electron chi connectivity index (χ4n) is 2.07. The SMILES string of the molecule is NCCCOc1cn2c(=O)[nH]nc2c2ccccc12. The number of nitrogens with one attached hydrogen (secondary N) is 1. The second-order valence-electron chi connectivity index (χ2n) is 4.25. The lowest BCUT2D eigenvalue weighted by atomic mass is 10.1. The number of fused-ring (bicyclic) bond motifs is 3. The summed E-state index contributed by atoms with van der Waals surface area (Å²) in [7, 11) is 0. The van der Waals surface area contributed by atoms with E-state index in [1.54, 1.807) is 6.20 Å². The predicted octanol–water partition coefficient (Wildman–Crippen LogP) is 0.903. The van der Waals surface area contributed by atoms with E-state index >= 15 is 0 Å². The number of nitrogens with two attached hydrogens (primary N) is 1. The fraction of sp³-hybridized carbons (Fsp3) is 0.231. The van der Waals surface area contributed by atoms with Gasteiger partial charge in [0, 0.05) is 10.8 Å². The molecule has 0 radical (unpaired) electrons. The van der Waals surface area contributed by atoms with Gasteiger partial charge < -0.3 is 10.5 Å². The molecule has 6 nitrogen and oxygen atoms in total. The van der Waals surface area contributed by atoms with Gasteiger partial charge in [-0.15, -0.1) is 0 Å². The van der Waals surface area contributed by atoms with Gasteiger partial charge in [-0.05, 0) is 13.0 Å². The Morgan fingerprint density at radius 2 is 2.11 bits per heavy atom. The molecule has 2 aromatic heterocycles. The lowest BCUT2D eigenvalue weighted by Gasteiger charge is -2.09. The van der Waals surface area contributed by atoms with Gasteiger partial charge in [-0.1, -0.05) is 24.3 Å². The molecule has 0 bridgehead atoms. The summed E-state index contributed by atoms with van der Waals surface area (Å²) in [5.74, 6) is 0.667. The summed E-state index contributed by atoms with van der Waals surface area (Å²) in [5, 5.41) is 8.30. The summed E-state index contributed by atoms with van der Waals surface area (Å²) in [6.07, 6.45) is 2.44. The van der Waals surface area contributed by atoms with Crippen LogP contribution in [0.25, 0.3) is 16.4 Å². The second-order valence-corrected chi connectivity index (χ2v) is 4.25. The molecule has 0 fully saturated rings. The number of benzene rings is 1. The van der Waals surface area contributed by atoms with Crippen molar-refractivity contribution in [3.63, 3.8) is 0 Å². The van der Waals surface area contributed by atoms with Gasteiger partial charge >= 0.3 is 5.69 Å². The molecule has 3 aromatic rings. The number of rotatable bonds is 4. The Morgan fingerprint density at radius 1 is 1.32 bits per heavy atom. The first-order chi connectivity index (χ1) is 9.31. The van der Waals surface area contributed by atoms with E-state index in [1.165, 1.54) is 4.40 Å². The minimum Gasteiger partial charge on any atom is -0.491 e. The van der Waals surface area contributed by atoms with Crippen molar-refractivity contribution in [2.24, 2.45) is 5.73 Å². The van der Waals surface area contributed by atoms with Crippen molar-refractivity contribution < 1.29 is 4.74 Å². The molecule has 98 valence electrons. The Balaban J connectivity index is 2.22. The van der Waals surface area contributed by atoms with Gasteiger partial charge in [0.2, 0.25) is 0 Å². The molecular formula is C13H14N4O2. The highest BCUT2D eigenvalue weighted by Gasteiger charge is 2.10. The van der Waals surface area contributed by atoms with Crippen LogP contribution in [0.2, 0.25) is 0 Å². The number of hydrogen-bond acceptors (Lipinski definition) is 4. The van der Waals surface area contributed by atoms with Crippen molar-refractivity contribution in [3.05, 3.63) is 40.9 Å². The van der Waals surface area contributed by atoms with Gasteiger partial charge in [0.25, 0.3) is 0 Å². The lowest BCUT2D eigenvalue weighted by Crippen LogP contribution is -2.11. The van der Waals surface area contributed by atoms with Gasteiger partial charge in [0.1, 0.15) is 5.75 Å². The monoisotopic (exact) mass is 258 g/mol. The number of ether oxygens (including phenoxy) is 1. The Morgan fingerprint density at radius 3 is 2.89 bits per heavy atom. The molecule has 0 unspecified atom stereocenters. The summed E-state index contributed by atoms with van der Waals surface area (Å²) < 4.78 is 7.17. The molecule has 2 heterocycles. The van der Waals surface area contributed by atoms with E-state index in [9.17, 15) is 4.79 Å². The highest BCUT2D eigenvalue weighted by Crippen LogP contribution is 2.27. The average Bonchev–Trinajstić information content (AvgIpc) is 2.81. The minimum absolute atomic E-state index is 0.274. The minimum atomic E-state index is -0.274. The number of hydrogen-bond donors (Lipinski definition) is 2. The molecule has 3 N–H and O–H groups in total. The third kappa shape index (κ3) is 1.96. The summed E-state index contributed by atoms with van der Waals surface area (Å²) in [6.45, 7) is 1.10. The van der Waals surface area contributed by atoms with Crippen LogP contribution in [0.1, 0.15) is 6.42 Å². The van der Waals surface area contributed by atoms with Gasteiger partial charge in [0.05, 0.1) is 12.8 Å². The first-order valence-corrected chi connectivity index (χ1v) is 6.12. The van der Waals surface area contributed by atoms with Crippen molar-refractivity contribution in [2.45, 2.75) is 6.42 Å². The first-order valence-electron chi connectivity index (χ1n) is 6.12. The topological polar surface area (TPSA) is 85.4 Å². The molecule has 3 rings (SSSR count). The fourth-order valence-corrected chi connectivity index (χ4v) is 2.07. The van der Waals surface area contributed by atoms with Crippen LogP contribution in [0, 0.1) is 0 Å². The quantitative estimate of drug-likeness (QED) is 0.681. The summed E-state index contributed by atoms with van der Waals surface area (Å²) in [6, 6.07) is 7.71. The van der Waals surface area contributed by atoms with E-state index < -0.39 is 0 Å². The molecule has 0 amide bonds. The van der Waals surface area contributed by atoms with Crippen LogP contribution < -0.4 is 16.2 Å². The van der Waals surface area contributed by atoms with Crippen LogP contribution >= 0.6 is 0 Å². The van der Waals surface area contributed by atoms with E-state index in [2.05, 4.69) is 10.2 Å². The molecule has 0 atom stereocenters. The Labute approximate surface area is 108 Å². The smallest absolute Gasteiger partial charge is 0.347 e. The molecule has 1 aromatic carbocycles. The number of nitrogens with zero attached hydrogens (tertiary/aromatic N) is 2. The highest BCUT2D eigenvalue weighted by atomic mass is 16.5. The van der Waals surface area contributed by atoms with Crippen LogP contribution in [0.4, 0.5) is 0 Å². The predicted molar refractivity (Wildman–Crippen MR) is 72.5 cm³/mol. The van der Waals surface area contributed by atoms with Crippen LogP contribution in [-0.4, -0.2) is 27.7 Å². The van der Waals surface area contributed by atoms with Crippen molar-refractivity contribution in [1.82, 2.24) is 14.6 Å². The van der Waals surface area contributed by atoms with Crippen LogP contribution in [0.5, 0.6) is 5.75 Å². The normalized spacial score (nSPS) is 11.2. The second kappa shape index (κ2) is 4.74. The molecule has 0 aliphatic carbocycles. The average molecular weight is 258 g/mol. The van der Waals surface area contributed by atoms with Crippen LogP contribution in [0.15, 0.2) is 35.3 Å². The van der Waals surface area contributed by atoms with Crippen molar-refractivity contribution in [2.75, 3.05) is 13.2 Å². The largest absolute Gasteiger partial charge is 0.491 e. The zero-order valence-electron chi connectivity index (χ0n) is 10.3. The first kappa shape index (κ1) is 11.7. The Hall–Kier alpha value is -2.34. The molecule has 0 saturated heterocycles. The molecule has 0 spiro atoms. The van der Waals surface area contributed by atoms with Gasteiger partial charge in [-0.2, -0.15) is 5.10 Å². The summed E-state index contributed by atoms with van der Waals surface area (Å²) in [4.78, 5) is 11.7. The molecule has 0 saturated carbocycles. The van der Waals surface area contributed by atoms with Crippen LogP contribution in [-0.2, 0) is 0 Å². The molecule has 0 aliphatic heterocycles. The summed E-state index contributed by atoms with van der Waals surface area (Å²) in [5.41, 5.74) is 5.78. The number of H-pyrrole nitrogens is 1. The van der Waals surface area contributed by atoms with Crippen molar-refractivity contribution in [1.29, 1.82) is 0 Å². The Kier molecular flexibility index (Phi) is 2.92. The third-order valence-corrected chi connectivity index (χ3v) is 2.99.